The number of hydrogen-bond donors (Lipinski definition) is 3. The average Bonchev–Trinajstić information content (AvgIpc) is 2.80. The number of unbranched alkanes of at least 4 members (excludes halogenated alkanes) is 1. The highest BCUT2D eigenvalue weighted by Gasteiger charge is 2.25. The first kappa shape index (κ1) is 24.1. The highest BCUT2D eigenvalue weighted by Crippen LogP contribution is 2.32. The molecule has 174 valence electrons. The van der Waals surface area contributed by atoms with E-state index < -0.39 is 10.0 Å². The van der Waals surface area contributed by atoms with Crippen LogP contribution in [0.2, 0.25) is 0 Å². The van der Waals surface area contributed by atoms with E-state index in [1.54, 1.807) is 36.4 Å². The van der Waals surface area contributed by atoms with Crippen LogP contribution in [-0.2, 0) is 14.8 Å². The third-order valence-corrected chi connectivity index (χ3v) is 6.67. The quantitative estimate of drug-likeness (QED) is 0.373. The lowest BCUT2D eigenvalue weighted by Gasteiger charge is -2.30. The van der Waals surface area contributed by atoms with Crippen molar-refractivity contribution >= 4 is 44.4 Å². The Morgan fingerprint density at radius 3 is 2.66 bits per heavy atom. The summed E-state index contributed by atoms with van der Waals surface area (Å²) in [6.45, 7) is 5.18. The van der Waals surface area contributed by atoms with Crippen LogP contribution in [0.4, 0.5) is 17.1 Å². The van der Waals surface area contributed by atoms with Gasteiger partial charge in [-0.25, -0.2) is 8.42 Å². The summed E-state index contributed by atoms with van der Waals surface area (Å²) in [5.74, 6) is 0.444. The fraction of sp³-hybridized carbons (Fsp3) is 0.409. The molecule has 1 saturated heterocycles. The second-order valence-electron chi connectivity index (χ2n) is 7.32. The van der Waals surface area contributed by atoms with Crippen molar-refractivity contribution in [2.75, 3.05) is 54.9 Å². The van der Waals surface area contributed by atoms with E-state index in [1.165, 1.54) is 7.11 Å². The number of hydrogen-bond acceptors (Lipinski definition) is 6. The first-order valence-corrected chi connectivity index (χ1v) is 12.5. The first-order valence-electron chi connectivity index (χ1n) is 10.6. The van der Waals surface area contributed by atoms with E-state index in [1.807, 2.05) is 11.0 Å². The number of rotatable bonds is 9. The Kier molecular flexibility index (Phi) is 8.54. The zero-order valence-electron chi connectivity index (χ0n) is 18.4. The highest BCUT2D eigenvalue weighted by atomic mass is 32.2. The summed E-state index contributed by atoms with van der Waals surface area (Å²) in [5, 5.41) is 6.68. The fourth-order valence-electron chi connectivity index (χ4n) is 3.36. The van der Waals surface area contributed by atoms with Crippen LogP contribution in [-0.4, -0.2) is 53.5 Å². The van der Waals surface area contributed by atoms with Gasteiger partial charge in [0.25, 0.3) is 10.0 Å². The van der Waals surface area contributed by atoms with Gasteiger partial charge in [0.05, 0.1) is 31.7 Å². The maximum absolute atomic E-state index is 13.5. The molecule has 0 bridgehead atoms. The SMILES string of the molecule is CCCCNC(=S)Nc1ccc(N2CCOCC2)c(S(=O)(=O)Nc2ccccc2OC)c1. The number of thiocarbonyl (C=S) groups is 1. The molecule has 0 radical (unpaired) electrons. The second-order valence-corrected chi connectivity index (χ2v) is 9.38. The Labute approximate surface area is 195 Å². The zero-order valence-corrected chi connectivity index (χ0v) is 20.0. The van der Waals surface area contributed by atoms with Gasteiger partial charge in [-0.05, 0) is 49.0 Å². The van der Waals surface area contributed by atoms with Crippen molar-refractivity contribution in [1.29, 1.82) is 0 Å². The standard InChI is InChI=1S/C22H30N4O4S2/c1-3-4-11-23-22(31)24-17-9-10-19(26-12-14-30-15-13-26)21(16-17)32(27,28)25-18-7-5-6-8-20(18)29-2/h5-10,16,25H,3-4,11-15H2,1-2H3,(H2,23,24,31). The van der Waals surface area contributed by atoms with Gasteiger partial charge < -0.3 is 25.0 Å². The molecule has 2 aromatic carbocycles. The van der Waals surface area contributed by atoms with Gasteiger partial charge in [0.2, 0.25) is 0 Å². The summed E-state index contributed by atoms with van der Waals surface area (Å²) in [4.78, 5) is 2.17. The second kappa shape index (κ2) is 11.3. The summed E-state index contributed by atoms with van der Waals surface area (Å²) in [6.07, 6.45) is 2.06. The lowest BCUT2D eigenvalue weighted by atomic mass is 10.2. The summed E-state index contributed by atoms with van der Waals surface area (Å²) >= 11 is 5.35. The Hall–Kier alpha value is -2.56. The molecular weight excluding hydrogens is 448 g/mol. The van der Waals surface area contributed by atoms with Crippen LogP contribution >= 0.6 is 12.2 Å². The van der Waals surface area contributed by atoms with Gasteiger partial charge in [-0.1, -0.05) is 25.5 Å². The lowest BCUT2D eigenvalue weighted by Crippen LogP contribution is -2.37. The van der Waals surface area contributed by atoms with E-state index in [4.69, 9.17) is 21.7 Å². The minimum Gasteiger partial charge on any atom is -0.495 e. The smallest absolute Gasteiger partial charge is 0.264 e. The fourth-order valence-corrected chi connectivity index (χ4v) is 4.90. The van der Waals surface area contributed by atoms with Crippen molar-refractivity contribution in [3.8, 4) is 5.75 Å². The van der Waals surface area contributed by atoms with Crippen LogP contribution in [0, 0.1) is 0 Å². The number of anilines is 3. The molecule has 1 heterocycles. The molecule has 8 nitrogen and oxygen atoms in total. The molecule has 0 unspecified atom stereocenters. The summed E-state index contributed by atoms with van der Waals surface area (Å²) in [5.41, 5.74) is 1.58. The number of ether oxygens (including phenoxy) is 2. The predicted molar refractivity (Wildman–Crippen MR) is 132 cm³/mol. The van der Waals surface area contributed by atoms with Crippen molar-refractivity contribution in [3.63, 3.8) is 0 Å². The molecule has 32 heavy (non-hydrogen) atoms. The van der Waals surface area contributed by atoms with Crippen molar-refractivity contribution in [3.05, 3.63) is 42.5 Å². The van der Waals surface area contributed by atoms with Crippen LogP contribution in [0.15, 0.2) is 47.4 Å². The molecule has 2 aromatic rings. The van der Waals surface area contributed by atoms with Gasteiger partial charge in [-0.3, -0.25) is 4.72 Å². The molecule has 1 aliphatic rings. The Balaban J connectivity index is 1.93. The highest BCUT2D eigenvalue weighted by molar-refractivity contribution is 7.93. The Morgan fingerprint density at radius 2 is 1.94 bits per heavy atom. The molecular formula is C22H30N4O4S2. The van der Waals surface area contributed by atoms with E-state index in [9.17, 15) is 8.42 Å². The van der Waals surface area contributed by atoms with Gasteiger partial charge >= 0.3 is 0 Å². The van der Waals surface area contributed by atoms with Crippen LogP contribution in [0.5, 0.6) is 5.75 Å². The minimum atomic E-state index is -3.92. The number of methoxy groups -OCH3 is 1. The van der Waals surface area contributed by atoms with Gasteiger partial charge in [-0.15, -0.1) is 0 Å². The van der Waals surface area contributed by atoms with E-state index in [2.05, 4.69) is 22.3 Å². The van der Waals surface area contributed by atoms with E-state index >= 15 is 0 Å². The number of morpholine rings is 1. The zero-order chi connectivity index (χ0) is 23.0. The lowest BCUT2D eigenvalue weighted by molar-refractivity contribution is 0.122. The minimum absolute atomic E-state index is 0.159. The first-order chi connectivity index (χ1) is 15.4. The number of benzene rings is 2. The van der Waals surface area contributed by atoms with Crippen molar-refractivity contribution < 1.29 is 17.9 Å². The third kappa shape index (κ3) is 6.24. The number of para-hydroxylation sites is 2. The van der Waals surface area contributed by atoms with Crippen molar-refractivity contribution in [2.24, 2.45) is 0 Å². The van der Waals surface area contributed by atoms with E-state index in [0.717, 1.165) is 19.4 Å². The van der Waals surface area contributed by atoms with Gasteiger partial charge in [0.15, 0.2) is 5.11 Å². The molecule has 1 fully saturated rings. The van der Waals surface area contributed by atoms with E-state index in [-0.39, 0.29) is 4.90 Å². The maximum Gasteiger partial charge on any atom is 0.264 e. The topological polar surface area (TPSA) is 91.9 Å². The van der Waals surface area contributed by atoms with Crippen molar-refractivity contribution in [1.82, 2.24) is 5.32 Å². The molecule has 1 aliphatic heterocycles. The molecule has 3 rings (SSSR count). The predicted octanol–water partition coefficient (Wildman–Crippen LogP) is 3.42. The Bertz CT molecular complexity index is 1020. The molecule has 0 aromatic heterocycles. The number of nitrogens with one attached hydrogen (secondary N) is 3. The van der Waals surface area contributed by atoms with Crippen molar-refractivity contribution in [2.45, 2.75) is 24.7 Å². The molecule has 0 aliphatic carbocycles. The van der Waals surface area contributed by atoms with Crippen LogP contribution in [0.3, 0.4) is 0 Å². The average molecular weight is 479 g/mol. The summed E-state index contributed by atoms with van der Waals surface area (Å²) < 4.78 is 40.4. The van der Waals surface area contributed by atoms with Gasteiger partial charge in [0, 0.05) is 25.3 Å². The molecule has 0 amide bonds. The van der Waals surface area contributed by atoms with Crippen LogP contribution < -0.4 is 25.0 Å². The molecule has 3 N–H and O–H groups in total. The summed E-state index contributed by atoms with van der Waals surface area (Å²) in [7, 11) is -2.42. The monoisotopic (exact) mass is 478 g/mol. The van der Waals surface area contributed by atoms with Crippen LogP contribution in [0.25, 0.3) is 0 Å². The normalized spacial score (nSPS) is 14.0. The Morgan fingerprint density at radius 1 is 1.19 bits per heavy atom. The van der Waals surface area contributed by atoms with Gasteiger partial charge in [0.1, 0.15) is 10.6 Å². The van der Waals surface area contributed by atoms with Crippen LogP contribution in [0.1, 0.15) is 19.8 Å². The van der Waals surface area contributed by atoms with E-state index in [0.29, 0.717) is 54.2 Å². The largest absolute Gasteiger partial charge is 0.495 e. The number of nitrogens with zero attached hydrogens (tertiary/aromatic N) is 1. The molecule has 0 saturated carbocycles. The van der Waals surface area contributed by atoms with Gasteiger partial charge in [-0.2, -0.15) is 0 Å². The number of sulfonamides is 1. The maximum atomic E-state index is 13.5. The molecule has 10 heteroatoms. The molecule has 0 atom stereocenters. The summed E-state index contributed by atoms with van der Waals surface area (Å²) in [6, 6.07) is 12.2. The molecule has 0 spiro atoms. The third-order valence-electron chi connectivity index (χ3n) is 5.03.